The predicted octanol–water partition coefficient (Wildman–Crippen LogP) is 2.30. The number of carbonyl (C=O) groups is 1. The lowest BCUT2D eigenvalue weighted by Gasteiger charge is -2.16. The van der Waals surface area contributed by atoms with Gasteiger partial charge in [0.15, 0.2) is 0 Å². The minimum atomic E-state index is -0.725. The van der Waals surface area contributed by atoms with Gasteiger partial charge in [-0.1, -0.05) is 12.1 Å². The largest absolute Gasteiger partial charge is 0.497 e. The van der Waals surface area contributed by atoms with E-state index >= 15 is 0 Å². The summed E-state index contributed by atoms with van der Waals surface area (Å²) < 4.78 is 7.06. The molecule has 0 aliphatic rings. The van der Waals surface area contributed by atoms with Crippen LogP contribution in [0.3, 0.4) is 0 Å². The molecule has 118 valence electrons. The molecule has 2 aromatic rings. The van der Waals surface area contributed by atoms with Crippen molar-refractivity contribution in [1.29, 1.82) is 0 Å². The maximum atomic E-state index is 11.9. The summed E-state index contributed by atoms with van der Waals surface area (Å²) in [6.45, 7) is 2.18. The molecule has 5 heteroatoms. The molecule has 5 nitrogen and oxygen atoms in total. The zero-order valence-electron chi connectivity index (χ0n) is 12.9. The molecule has 0 unspecified atom stereocenters. The van der Waals surface area contributed by atoms with Gasteiger partial charge in [0.1, 0.15) is 5.75 Å². The van der Waals surface area contributed by atoms with Crippen LogP contribution in [0, 0.1) is 0 Å². The Morgan fingerprint density at radius 1 is 1.27 bits per heavy atom. The van der Waals surface area contributed by atoms with Crippen molar-refractivity contribution >= 4 is 5.91 Å². The molecule has 1 aromatic heterocycles. The molecule has 22 heavy (non-hydrogen) atoms. The quantitative estimate of drug-likeness (QED) is 0.825. The van der Waals surface area contributed by atoms with E-state index in [2.05, 4.69) is 5.32 Å². The highest BCUT2D eigenvalue weighted by Gasteiger charge is 2.13. The fourth-order valence-corrected chi connectivity index (χ4v) is 2.24. The Labute approximate surface area is 130 Å². The normalized spacial score (nSPS) is 13.4. The van der Waals surface area contributed by atoms with Gasteiger partial charge in [0, 0.05) is 31.4 Å². The number of hydrogen-bond donors (Lipinski definition) is 2. The molecule has 0 bridgehead atoms. The molecule has 1 aromatic carbocycles. The van der Waals surface area contributed by atoms with E-state index in [4.69, 9.17) is 4.74 Å². The molecule has 0 saturated heterocycles. The van der Waals surface area contributed by atoms with E-state index < -0.39 is 6.10 Å². The number of nitrogens with one attached hydrogen (secondary N) is 1. The lowest BCUT2D eigenvalue weighted by Crippen LogP contribution is -2.29. The Balaban J connectivity index is 1.79. The first-order chi connectivity index (χ1) is 10.6. The maximum absolute atomic E-state index is 11.9. The third-order valence-electron chi connectivity index (χ3n) is 3.61. The highest BCUT2D eigenvalue weighted by Crippen LogP contribution is 2.17. The molecule has 2 atom stereocenters. The summed E-state index contributed by atoms with van der Waals surface area (Å²) in [6, 6.07) is 11.1. The van der Waals surface area contributed by atoms with E-state index in [1.807, 2.05) is 36.0 Å². The highest BCUT2D eigenvalue weighted by molar-refractivity contribution is 5.76. The summed E-state index contributed by atoms with van der Waals surface area (Å²) in [5, 5.41) is 12.9. The van der Waals surface area contributed by atoms with E-state index in [1.54, 1.807) is 31.4 Å². The average molecular weight is 302 g/mol. The van der Waals surface area contributed by atoms with E-state index in [9.17, 15) is 9.90 Å². The Hall–Kier alpha value is -2.27. The van der Waals surface area contributed by atoms with Gasteiger partial charge >= 0.3 is 0 Å². The Kier molecular flexibility index (Phi) is 5.61. The number of carbonyl (C=O) groups excluding carboxylic acids is 1. The van der Waals surface area contributed by atoms with Crippen LogP contribution in [0.15, 0.2) is 48.8 Å². The van der Waals surface area contributed by atoms with Crippen molar-refractivity contribution in [2.24, 2.45) is 0 Å². The summed E-state index contributed by atoms with van der Waals surface area (Å²) in [5.41, 5.74) is 0.750. The average Bonchev–Trinajstić information content (AvgIpc) is 3.07. The summed E-state index contributed by atoms with van der Waals surface area (Å²) in [6.07, 6.45) is 3.52. The minimum absolute atomic E-state index is 0.0752. The Morgan fingerprint density at radius 3 is 2.50 bits per heavy atom. The van der Waals surface area contributed by atoms with Crippen LogP contribution in [0.25, 0.3) is 0 Å². The van der Waals surface area contributed by atoms with Crippen LogP contribution >= 0.6 is 0 Å². The van der Waals surface area contributed by atoms with Crippen molar-refractivity contribution in [3.05, 3.63) is 54.4 Å². The first-order valence-corrected chi connectivity index (χ1v) is 7.31. The molecular formula is C17H22N2O3. The van der Waals surface area contributed by atoms with E-state index in [1.165, 1.54) is 0 Å². The monoisotopic (exact) mass is 302 g/mol. The third-order valence-corrected chi connectivity index (χ3v) is 3.61. The maximum Gasteiger partial charge on any atom is 0.222 e. The van der Waals surface area contributed by atoms with Crippen molar-refractivity contribution in [3.8, 4) is 5.75 Å². The van der Waals surface area contributed by atoms with Crippen molar-refractivity contribution in [3.63, 3.8) is 0 Å². The fourth-order valence-electron chi connectivity index (χ4n) is 2.24. The second-order valence-corrected chi connectivity index (χ2v) is 5.28. The van der Waals surface area contributed by atoms with Crippen LogP contribution in [0.5, 0.6) is 5.75 Å². The lowest BCUT2D eigenvalue weighted by atomic mass is 10.1. The Bertz CT molecular complexity index is 578. The molecule has 0 fully saturated rings. The van der Waals surface area contributed by atoms with Crippen LogP contribution in [0.2, 0.25) is 0 Å². The number of aliphatic hydroxyl groups is 1. The molecule has 1 amide bonds. The standard InChI is InChI=1S/C17H22N2O3/c1-13(19-9-3-4-10-19)11-17(21)18-12-16(20)14-5-7-15(22-2)8-6-14/h3-10,13,16,20H,11-12H2,1-2H3,(H,18,21)/t13-,16+/m0/s1. The second kappa shape index (κ2) is 7.66. The summed E-state index contributed by atoms with van der Waals surface area (Å²) in [7, 11) is 1.59. The predicted molar refractivity (Wildman–Crippen MR) is 84.7 cm³/mol. The van der Waals surface area contributed by atoms with Gasteiger partial charge in [-0.2, -0.15) is 0 Å². The van der Waals surface area contributed by atoms with Crippen LogP contribution < -0.4 is 10.1 Å². The number of ether oxygens (including phenoxy) is 1. The van der Waals surface area contributed by atoms with Gasteiger partial charge < -0.3 is 19.7 Å². The lowest BCUT2D eigenvalue weighted by molar-refractivity contribution is -0.122. The van der Waals surface area contributed by atoms with Gasteiger partial charge in [-0.3, -0.25) is 4.79 Å². The van der Waals surface area contributed by atoms with Crippen molar-refractivity contribution in [1.82, 2.24) is 9.88 Å². The van der Waals surface area contributed by atoms with Gasteiger partial charge in [-0.05, 0) is 36.8 Å². The van der Waals surface area contributed by atoms with E-state index in [-0.39, 0.29) is 18.5 Å². The number of amides is 1. The number of benzene rings is 1. The minimum Gasteiger partial charge on any atom is -0.497 e. The number of nitrogens with zero attached hydrogens (tertiary/aromatic N) is 1. The number of rotatable bonds is 7. The van der Waals surface area contributed by atoms with Gasteiger partial charge in [-0.15, -0.1) is 0 Å². The van der Waals surface area contributed by atoms with Gasteiger partial charge in [-0.25, -0.2) is 0 Å². The number of aliphatic hydroxyl groups excluding tert-OH is 1. The molecule has 0 radical (unpaired) electrons. The molecular weight excluding hydrogens is 280 g/mol. The first kappa shape index (κ1) is 16.1. The zero-order valence-corrected chi connectivity index (χ0v) is 12.9. The highest BCUT2D eigenvalue weighted by atomic mass is 16.5. The number of hydrogen-bond acceptors (Lipinski definition) is 3. The smallest absolute Gasteiger partial charge is 0.222 e. The molecule has 0 aliphatic carbocycles. The molecule has 0 aliphatic heterocycles. The summed E-state index contributed by atoms with van der Waals surface area (Å²) >= 11 is 0. The molecule has 0 spiro atoms. The molecule has 2 rings (SSSR count). The van der Waals surface area contributed by atoms with Crippen LogP contribution in [-0.2, 0) is 4.79 Å². The summed E-state index contributed by atoms with van der Waals surface area (Å²) in [4.78, 5) is 11.9. The van der Waals surface area contributed by atoms with Crippen molar-refractivity contribution in [2.45, 2.75) is 25.5 Å². The summed E-state index contributed by atoms with van der Waals surface area (Å²) in [5.74, 6) is 0.661. The van der Waals surface area contributed by atoms with Crippen molar-refractivity contribution in [2.75, 3.05) is 13.7 Å². The van der Waals surface area contributed by atoms with E-state index in [0.29, 0.717) is 6.42 Å². The number of methoxy groups -OCH3 is 1. The fraction of sp³-hybridized carbons (Fsp3) is 0.353. The molecule has 1 heterocycles. The van der Waals surface area contributed by atoms with Crippen LogP contribution in [0.4, 0.5) is 0 Å². The first-order valence-electron chi connectivity index (χ1n) is 7.31. The SMILES string of the molecule is COc1ccc([C@H](O)CNC(=O)C[C@H](C)n2cccc2)cc1. The molecule has 0 saturated carbocycles. The van der Waals surface area contributed by atoms with Crippen LogP contribution in [0.1, 0.15) is 31.1 Å². The van der Waals surface area contributed by atoms with Gasteiger partial charge in [0.25, 0.3) is 0 Å². The van der Waals surface area contributed by atoms with Gasteiger partial charge in [0.05, 0.1) is 13.2 Å². The van der Waals surface area contributed by atoms with Crippen LogP contribution in [-0.4, -0.2) is 29.2 Å². The Morgan fingerprint density at radius 2 is 1.91 bits per heavy atom. The van der Waals surface area contributed by atoms with E-state index in [0.717, 1.165) is 11.3 Å². The second-order valence-electron chi connectivity index (χ2n) is 5.28. The number of aromatic nitrogens is 1. The van der Waals surface area contributed by atoms with Gasteiger partial charge in [0.2, 0.25) is 5.91 Å². The topological polar surface area (TPSA) is 63.5 Å². The zero-order chi connectivity index (χ0) is 15.9. The molecule has 2 N–H and O–H groups in total. The third kappa shape index (κ3) is 4.36. The van der Waals surface area contributed by atoms with Crippen molar-refractivity contribution < 1.29 is 14.6 Å².